The van der Waals surface area contributed by atoms with E-state index in [9.17, 15) is 9.18 Å². The van der Waals surface area contributed by atoms with Gasteiger partial charge in [-0.05, 0) is 18.2 Å². The molecule has 0 saturated heterocycles. The average Bonchev–Trinajstić information content (AvgIpc) is 2.85. The molecule has 0 saturated carbocycles. The van der Waals surface area contributed by atoms with E-state index in [0.717, 1.165) is 16.8 Å². The van der Waals surface area contributed by atoms with Crippen LogP contribution in [0.1, 0.15) is 41.8 Å². The van der Waals surface area contributed by atoms with Crippen LogP contribution in [0.3, 0.4) is 0 Å². The van der Waals surface area contributed by atoms with Gasteiger partial charge in [0.2, 0.25) is 0 Å². The summed E-state index contributed by atoms with van der Waals surface area (Å²) in [6.45, 7) is 6.36. The van der Waals surface area contributed by atoms with Gasteiger partial charge >= 0.3 is 5.97 Å². The maximum Gasteiger partial charge on any atom is 0.339 e. The lowest BCUT2D eigenvalue weighted by Crippen LogP contribution is -2.11. The fraction of sp³-hybridized carbons (Fsp3) is 0.333. The van der Waals surface area contributed by atoms with Crippen molar-refractivity contribution in [3.63, 3.8) is 0 Å². The Bertz CT molecular complexity index is 661. The zero-order valence-electron chi connectivity index (χ0n) is 12.0. The second kappa shape index (κ2) is 5.81. The Morgan fingerprint density at radius 1 is 1.43 bits per heavy atom. The Kier molecular flexibility index (Phi) is 4.27. The maximum absolute atomic E-state index is 13.1. The third-order valence-electron chi connectivity index (χ3n) is 2.74. The van der Waals surface area contributed by atoms with Crippen LogP contribution in [0.2, 0.25) is 0 Å². The number of halogens is 1. The van der Waals surface area contributed by atoms with E-state index in [2.05, 4.69) is 25.8 Å². The first kappa shape index (κ1) is 15.4. The van der Waals surface area contributed by atoms with Crippen molar-refractivity contribution in [3.8, 4) is 5.75 Å². The summed E-state index contributed by atoms with van der Waals surface area (Å²) in [5, 5.41) is 11.9. The number of ether oxygens (including phenoxy) is 1. The summed E-state index contributed by atoms with van der Waals surface area (Å²) in [4.78, 5) is 15.5. The zero-order chi connectivity index (χ0) is 15.6. The van der Waals surface area contributed by atoms with Crippen molar-refractivity contribution in [1.29, 1.82) is 0 Å². The van der Waals surface area contributed by atoms with Crippen LogP contribution >= 0.6 is 11.3 Å². The predicted molar refractivity (Wildman–Crippen MR) is 78.5 cm³/mol. The van der Waals surface area contributed by atoms with E-state index < -0.39 is 11.8 Å². The van der Waals surface area contributed by atoms with E-state index in [0.29, 0.717) is 0 Å². The van der Waals surface area contributed by atoms with Crippen molar-refractivity contribution in [3.05, 3.63) is 45.7 Å². The first-order valence-electron chi connectivity index (χ1n) is 6.38. The highest BCUT2D eigenvalue weighted by Gasteiger charge is 2.18. The van der Waals surface area contributed by atoms with E-state index in [-0.39, 0.29) is 23.3 Å². The third-order valence-corrected chi connectivity index (χ3v) is 4.06. The number of hydrogen-bond donors (Lipinski definition) is 1. The topological polar surface area (TPSA) is 59.4 Å². The van der Waals surface area contributed by atoms with Crippen molar-refractivity contribution < 1.29 is 19.0 Å². The molecule has 2 rings (SSSR count). The first-order valence-corrected chi connectivity index (χ1v) is 7.26. The van der Waals surface area contributed by atoms with Crippen molar-refractivity contribution in [1.82, 2.24) is 4.98 Å². The predicted octanol–water partition coefficient (Wildman–Crippen LogP) is 3.86. The van der Waals surface area contributed by atoms with E-state index in [1.165, 1.54) is 23.5 Å². The molecule has 1 aromatic carbocycles. The summed E-state index contributed by atoms with van der Waals surface area (Å²) < 4.78 is 18.5. The van der Waals surface area contributed by atoms with Crippen LogP contribution in [-0.2, 0) is 12.0 Å². The minimum Gasteiger partial charge on any atom is -0.486 e. The fourth-order valence-corrected chi connectivity index (χ4v) is 2.56. The Labute approximate surface area is 126 Å². The van der Waals surface area contributed by atoms with E-state index in [1.807, 2.05) is 5.38 Å². The smallest absolute Gasteiger partial charge is 0.339 e. The maximum atomic E-state index is 13.1. The van der Waals surface area contributed by atoms with Gasteiger partial charge < -0.3 is 9.84 Å². The molecule has 1 aromatic heterocycles. The van der Waals surface area contributed by atoms with Gasteiger partial charge in [0, 0.05) is 10.8 Å². The highest BCUT2D eigenvalue weighted by Crippen LogP contribution is 2.26. The number of hydrogen-bond acceptors (Lipinski definition) is 4. The van der Waals surface area contributed by atoms with Gasteiger partial charge in [-0.3, -0.25) is 0 Å². The molecule has 6 heteroatoms. The van der Waals surface area contributed by atoms with Crippen LogP contribution < -0.4 is 4.74 Å². The molecule has 0 radical (unpaired) electrons. The summed E-state index contributed by atoms with van der Waals surface area (Å²) in [7, 11) is 0. The number of thiazole rings is 1. The summed E-state index contributed by atoms with van der Waals surface area (Å²) in [5.41, 5.74) is 0.497. The minimum atomic E-state index is -1.22. The number of aromatic carboxylic acids is 1. The summed E-state index contributed by atoms with van der Waals surface area (Å²) in [5.74, 6) is -1.70. The van der Waals surface area contributed by atoms with Gasteiger partial charge in [-0.1, -0.05) is 20.8 Å². The minimum absolute atomic E-state index is 0.0367. The van der Waals surface area contributed by atoms with Crippen LogP contribution in [0.5, 0.6) is 5.75 Å². The summed E-state index contributed by atoms with van der Waals surface area (Å²) in [6.07, 6.45) is 0. The quantitative estimate of drug-likeness (QED) is 0.931. The molecule has 0 unspecified atom stereocenters. The molecule has 0 amide bonds. The Balaban J connectivity index is 2.13. The molecule has 21 heavy (non-hydrogen) atoms. The highest BCUT2D eigenvalue weighted by molar-refractivity contribution is 7.09. The molecule has 0 spiro atoms. The van der Waals surface area contributed by atoms with Gasteiger partial charge in [-0.15, -0.1) is 11.3 Å². The van der Waals surface area contributed by atoms with Crippen LogP contribution in [0.25, 0.3) is 0 Å². The van der Waals surface area contributed by atoms with E-state index in [4.69, 9.17) is 9.84 Å². The Morgan fingerprint density at radius 3 is 2.71 bits per heavy atom. The summed E-state index contributed by atoms with van der Waals surface area (Å²) >= 11 is 1.54. The molecule has 0 aliphatic rings. The number of carboxylic acids is 1. The van der Waals surface area contributed by atoms with E-state index in [1.54, 1.807) is 0 Å². The number of nitrogens with zero attached hydrogens (tertiary/aromatic N) is 1. The lowest BCUT2D eigenvalue weighted by atomic mass is 9.98. The molecule has 1 heterocycles. The molecule has 0 aliphatic heterocycles. The summed E-state index contributed by atoms with van der Waals surface area (Å²) in [6, 6.07) is 3.43. The van der Waals surface area contributed by atoms with Crippen LogP contribution in [0, 0.1) is 5.82 Å². The van der Waals surface area contributed by atoms with Crippen molar-refractivity contribution >= 4 is 17.3 Å². The molecule has 0 fully saturated rings. The van der Waals surface area contributed by atoms with Crippen molar-refractivity contribution in [2.75, 3.05) is 0 Å². The Hall–Kier alpha value is -1.95. The standard InChI is InChI=1S/C15H16FNO3S/c1-15(2,3)14-17-10(8-21-14)7-20-12-5-4-9(16)6-11(12)13(18)19/h4-6,8H,7H2,1-3H3,(H,18,19). The molecule has 0 atom stereocenters. The SMILES string of the molecule is CC(C)(C)c1nc(COc2ccc(F)cc2C(=O)O)cs1. The first-order chi connectivity index (χ1) is 9.77. The monoisotopic (exact) mass is 309 g/mol. The molecule has 112 valence electrons. The number of benzene rings is 1. The average molecular weight is 309 g/mol. The highest BCUT2D eigenvalue weighted by atomic mass is 32.1. The number of aromatic nitrogens is 1. The fourth-order valence-electron chi connectivity index (χ4n) is 1.66. The largest absolute Gasteiger partial charge is 0.486 e. The zero-order valence-corrected chi connectivity index (χ0v) is 12.8. The van der Waals surface area contributed by atoms with Crippen molar-refractivity contribution in [2.24, 2.45) is 0 Å². The van der Waals surface area contributed by atoms with Crippen LogP contribution in [0.15, 0.2) is 23.6 Å². The van der Waals surface area contributed by atoms with Crippen molar-refractivity contribution in [2.45, 2.75) is 32.8 Å². The van der Waals surface area contributed by atoms with E-state index >= 15 is 0 Å². The number of carbonyl (C=O) groups is 1. The molecular weight excluding hydrogens is 293 g/mol. The van der Waals surface area contributed by atoms with Gasteiger partial charge in [0.15, 0.2) is 0 Å². The normalized spacial score (nSPS) is 11.4. The molecular formula is C15H16FNO3S. The van der Waals surface area contributed by atoms with Gasteiger partial charge in [0.1, 0.15) is 23.7 Å². The van der Waals surface area contributed by atoms with Gasteiger partial charge in [-0.25, -0.2) is 14.2 Å². The molecule has 0 aliphatic carbocycles. The lowest BCUT2D eigenvalue weighted by molar-refractivity contribution is 0.0691. The molecule has 4 nitrogen and oxygen atoms in total. The second-order valence-electron chi connectivity index (χ2n) is 5.63. The van der Waals surface area contributed by atoms with Gasteiger partial charge in [-0.2, -0.15) is 0 Å². The number of rotatable bonds is 4. The Morgan fingerprint density at radius 2 is 2.14 bits per heavy atom. The third kappa shape index (κ3) is 3.78. The second-order valence-corrected chi connectivity index (χ2v) is 6.49. The van der Waals surface area contributed by atoms with Gasteiger partial charge in [0.05, 0.1) is 10.7 Å². The molecule has 1 N–H and O–H groups in total. The number of carboxylic acid groups (broad SMARTS) is 1. The molecule has 0 bridgehead atoms. The lowest BCUT2D eigenvalue weighted by Gasteiger charge is -2.13. The molecule has 2 aromatic rings. The van der Waals surface area contributed by atoms with Crippen LogP contribution in [-0.4, -0.2) is 16.1 Å². The van der Waals surface area contributed by atoms with Gasteiger partial charge in [0.25, 0.3) is 0 Å². The van der Waals surface area contributed by atoms with Crippen LogP contribution in [0.4, 0.5) is 4.39 Å².